The van der Waals surface area contributed by atoms with Gasteiger partial charge in [0.15, 0.2) is 6.10 Å². The van der Waals surface area contributed by atoms with E-state index in [1.165, 1.54) is 289 Å². The maximum absolute atomic E-state index is 12.9. The van der Waals surface area contributed by atoms with Crippen LogP contribution in [0.1, 0.15) is 400 Å². The summed E-state index contributed by atoms with van der Waals surface area (Å²) < 4.78 is 17.0. The normalized spacial score (nSPS) is 12.1. The lowest BCUT2D eigenvalue weighted by molar-refractivity contribution is -0.167. The molecule has 0 spiro atoms. The third kappa shape index (κ3) is 64.7. The van der Waals surface area contributed by atoms with Gasteiger partial charge < -0.3 is 14.2 Å². The number of rotatable bonds is 66. The molecule has 0 aromatic rings. The predicted octanol–water partition coefficient (Wildman–Crippen LogP) is 24.2. The molecule has 0 N–H and O–H groups in total. The van der Waals surface area contributed by atoms with Gasteiger partial charge in [-0.1, -0.05) is 334 Å². The quantitative estimate of drug-likeness (QED) is 0.0261. The Morgan fingerprint density at radius 2 is 0.423 bits per heavy atom. The second kappa shape index (κ2) is 67.4. The van der Waals surface area contributed by atoms with Crippen LogP contribution in [0.15, 0.2) is 24.3 Å². The van der Waals surface area contributed by atoms with Crippen LogP contribution in [0.2, 0.25) is 0 Å². The Hall–Kier alpha value is -2.11. The van der Waals surface area contributed by atoms with Crippen LogP contribution in [0, 0.1) is 0 Å². The lowest BCUT2D eigenvalue weighted by Gasteiger charge is -2.18. The maximum atomic E-state index is 12.9. The highest BCUT2D eigenvalue weighted by Gasteiger charge is 2.19. The SMILES string of the molecule is CCCCCCCC/C=C\CCCCCCCC(=O)OCC(COC(=O)CCCCCCCCCCCCCCCCCCCCCCCCCCCCCCC)OC(=O)CCCCCCC/C=C\CCCCCCCCC. The van der Waals surface area contributed by atoms with Gasteiger partial charge in [0.25, 0.3) is 0 Å². The molecule has 78 heavy (non-hydrogen) atoms. The van der Waals surface area contributed by atoms with Crippen LogP contribution >= 0.6 is 0 Å². The van der Waals surface area contributed by atoms with E-state index < -0.39 is 6.10 Å². The van der Waals surface area contributed by atoms with Crippen molar-refractivity contribution in [2.24, 2.45) is 0 Å². The minimum atomic E-state index is -0.777. The highest BCUT2D eigenvalue weighted by molar-refractivity contribution is 5.71. The van der Waals surface area contributed by atoms with Gasteiger partial charge >= 0.3 is 17.9 Å². The summed E-state index contributed by atoms with van der Waals surface area (Å²) in [4.78, 5) is 38.4. The Labute approximate surface area is 487 Å². The standard InChI is InChI=1S/C72H136O6/c1-4-7-10-13-16-19-22-25-28-30-31-32-33-34-35-36-37-38-39-40-41-42-45-47-50-53-56-59-62-65-71(74)77-68-69(67-76-70(73)64-61-58-55-52-49-46-43-27-24-21-18-15-12-9-6-3)78-72(75)66-63-60-57-54-51-48-44-29-26-23-20-17-14-11-8-5-2/h27,29,43-44,69H,4-26,28,30-42,45-68H2,1-3H3/b43-27-,44-29-. The third-order valence-electron chi connectivity index (χ3n) is 16.2. The van der Waals surface area contributed by atoms with Gasteiger partial charge in [-0.25, -0.2) is 0 Å². The van der Waals surface area contributed by atoms with E-state index in [0.717, 1.165) is 70.6 Å². The van der Waals surface area contributed by atoms with Crippen molar-refractivity contribution in [3.05, 3.63) is 24.3 Å². The van der Waals surface area contributed by atoms with Crippen LogP contribution in [-0.4, -0.2) is 37.2 Å². The van der Waals surface area contributed by atoms with Crippen LogP contribution in [0.3, 0.4) is 0 Å². The van der Waals surface area contributed by atoms with Gasteiger partial charge in [0, 0.05) is 19.3 Å². The largest absolute Gasteiger partial charge is 0.462 e. The lowest BCUT2D eigenvalue weighted by Crippen LogP contribution is -2.30. The van der Waals surface area contributed by atoms with Crippen molar-refractivity contribution in [2.75, 3.05) is 13.2 Å². The monoisotopic (exact) mass is 1100 g/mol. The lowest BCUT2D eigenvalue weighted by atomic mass is 10.0. The first kappa shape index (κ1) is 75.9. The molecule has 1 atom stereocenters. The fourth-order valence-corrected chi connectivity index (χ4v) is 10.8. The molecule has 460 valence electrons. The first-order valence-electron chi connectivity index (χ1n) is 35.3. The first-order chi connectivity index (χ1) is 38.5. The second-order valence-corrected chi connectivity index (χ2v) is 24.1. The average Bonchev–Trinajstić information content (AvgIpc) is 3.44. The molecule has 0 fully saturated rings. The first-order valence-corrected chi connectivity index (χ1v) is 35.3. The Morgan fingerprint density at radius 1 is 0.244 bits per heavy atom. The molecule has 0 radical (unpaired) electrons. The number of carbonyl (C=O) groups is 3. The van der Waals surface area contributed by atoms with E-state index in [1.807, 2.05) is 0 Å². The fourth-order valence-electron chi connectivity index (χ4n) is 10.8. The maximum Gasteiger partial charge on any atom is 0.306 e. The number of allylic oxidation sites excluding steroid dienone is 4. The van der Waals surface area contributed by atoms with Gasteiger partial charge in [0.1, 0.15) is 13.2 Å². The molecule has 0 rings (SSSR count). The summed E-state index contributed by atoms with van der Waals surface area (Å²) in [5.41, 5.74) is 0. The minimum absolute atomic E-state index is 0.0721. The van der Waals surface area contributed by atoms with Crippen LogP contribution in [0.25, 0.3) is 0 Å². The molecule has 0 aliphatic carbocycles. The number of ether oxygens (including phenoxy) is 3. The third-order valence-corrected chi connectivity index (χ3v) is 16.2. The zero-order valence-corrected chi connectivity index (χ0v) is 53.0. The van der Waals surface area contributed by atoms with Gasteiger partial charge in [0.2, 0.25) is 0 Å². The van der Waals surface area contributed by atoms with Crippen molar-refractivity contribution in [3.8, 4) is 0 Å². The van der Waals surface area contributed by atoms with E-state index in [2.05, 4.69) is 45.1 Å². The molecule has 0 heterocycles. The summed E-state index contributed by atoms with van der Waals surface area (Å²) in [5, 5.41) is 0. The number of esters is 3. The molecule has 0 aromatic carbocycles. The van der Waals surface area contributed by atoms with Crippen LogP contribution < -0.4 is 0 Å². The molecule has 0 saturated carbocycles. The van der Waals surface area contributed by atoms with Gasteiger partial charge in [-0.2, -0.15) is 0 Å². The molecular weight excluding hydrogens is 961 g/mol. The molecule has 0 amide bonds. The Kier molecular flexibility index (Phi) is 65.6. The van der Waals surface area contributed by atoms with E-state index in [1.54, 1.807) is 0 Å². The van der Waals surface area contributed by atoms with Crippen molar-refractivity contribution < 1.29 is 28.6 Å². The average molecular weight is 1100 g/mol. The highest BCUT2D eigenvalue weighted by Crippen LogP contribution is 2.19. The predicted molar refractivity (Wildman–Crippen MR) is 340 cm³/mol. The van der Waals surface area contributed by atoms with E-state index >= 15 is 0 Å². The smallest absolute Gasteiger partial charge is 0.306 e. The summed E-state index contributed by atoms with van der Waals surface area (Å²) in [7, 11) is 0. The van der Waals surface area contributed by atoms with Gasteiger partial charge in [0.05, 0.1) is 0 Å². The van der Waals surface area contributed by atoms with Crippen molar-refractivity contribution >= 4 is 17.9 Å². The zero-order valence-electron chi connectivity index (χ0n) is 53.0. The Bertz CT molecular complexity index is 1260. The van der Waals surface area contributed by atoms with Gasteiger partial charge in [-0.15, -0.1) is 0 Å². The summed E-state index contributed by atoms with van der Waals surface area (Å²) in [6, 6.07) is 0. The van der Waals surface area contributed by atoms with Crippen LogP contribution in [-0.2, 0) is 28.6 Å². The number of carbonyl (C=O) groups excluding carboxylic acids is 3. The molecule has 6 nitrogen and oxygen atoms in total. The van der Waals surface area contributed by atoms with E-state index in [4.69, 9.17) is 14.2 Å². The Balaban J connectivity index is 4.18. The molecule has 0 aliphatic rings. The van der Waals surface area contributed by atoms with Crippen LogP contribution in [0.4, 0.5) is 0 Å². The number of hydrogen-bond acceptors (Lipinski definition) is 6. The zero-order chi connectivity index (χ0) is 56.4. The molecular formula is C72H136O6. The fraction of sp³-hybridized carbons (Fsp3) is 0.903. The topological polar surface area (TPSA) is 78.9 Å². The van der Waals surface area contributed by atoms with E-state index in [9.17, 15) is 14.4 Å². The van der Waals surface area contributed by atoms with Crippen LogP contribution in [0.5, 0.6) is 0 Å². The molecule has 0 saturated heterocycles. The van der Waals surface area contributed by atoms with Gasteiger partial charge in [-0.05, 0) is 70.6 Å². The summed E-state index contributed by atoms with van der Waals surface area (Å²) in [6.07, 6.45) is 82.2. The van der Waals surface area contributed by atoms with Crippen molar-refractivity contribution in [2.45, 2.75) is 406 Å². The van der Waals surface area contributed by atoms with E-state index in [-0.39, 0.29) is 31.1 Å². The summed E-state index contributed by atoms with van der Waals surface area (Å²) in [6.45, 7) is 6.69. The molecule has 6 heteroatoms. The highest BCUT2D eigenvalue weighted by atomic mass is 16.6. The minimum Gasteiger partial charge on any atom is -0.462 e. The van der Waals surface area contributed by atoms with E-state index in [0.29, 0.717) is 19.3 Å². The van der Waals surface area contributed by atoms with Crippen molar-refractivity contribution in [3.63, 3.8) is 0 Å². The summed E-state index contributed by atoms with van der Waals surface area (Å²) >= 11 is 0. The number of hydrogen-bond donors (Lipinski definition) is 0. The molecule has 0 aromatic heterocycles. The van der Waals surface area contributed by atoms with Gasteiger partial charge in [-0.3, -0.25) is 14.4 Å². The molecule has 0 aliphatic heterocycles. The second-order valence-electron chi connectivity index (χ2n) is 24.1. The van der Waals surface area contributed by atoms with Crippen molar-refractivity contribution in [1.82, 2.24) is 0 Å². The summed E-state index contributed by atoms with van der Waals surface area (Å²) in [5.74, 6) is -0.861. The van der Waals surface area contributed by atoms with Crippen molar-refractivity contribution in [1.29, 1.82) is 0 Å². The number of unbranched alkanes of at least 4 members (excludes halogenated alkanes) is 51. The molecule has 0 bridgehead atoms. The Morgan fingerprint density at radius 3 is 0.641 bits per heavy atom. The molecule has 1 unspecified atom stereocenters.